The van der Waals surface area contributed by atoms with Gasteiger partial charge in [0.25, 0.3) is 0 Å². The van der Waals surface area contributed by atoms with E-state index in [1.807, 2.05) is 0 Å². The number of halogens is 1. The van der Waals surface area contributed by atoms with E-state index >= 15 is 0 Å². The molecule has 0 fully saturated rings. The summed E-state index contributed by atoms with van der Waals surface area (Å²) in [5, 5.41) is 13.8. The van der Waals surface area contributed by atoms with Gasteiger partial charge >= 0.3 is 0 Å². The number of rotatable bonds is 4. The molecule has 2 unspecified atom stereocenters. The van der Waals surface area contributed by atoms with E-state index in [0.717, 1.165) is 0 Å². The molecule has 0 aliphatic heterocycles. The molecule has 2 atom stereocenters. The normalized spacial score (nSPS) is 14.9. The topological polar surface area (TPSA) is 87.7 Å². The molecular weight excluding hydrogens is 237 g/mol. The van der Waals surface area contributed by atoms with Crippen LogP contribution in [0.1, 0.15) is 25.5 Å². The number of oxime groups is 1. The van der Waals surface area contributed by atoms with E-state index in [9.17, 15) is 9.18 Å². The van der Waals surface area contributed by atoms with Crippen molar-refractivity contribution in [2.75, 3.05) is 0 Å². The molecule has 0 aliphatic rings. The summed E-state index contributed by atoms with van der Waals surface area (Å²) >= 11 is 0. The monoisotopic (exact) mass is 253 g/mol. The number of hydrogen-bond donors (Lipinski definition) is 3. The fraction of sp³-hybridized carbons (Fsp3) is 0.333. The maximum atomic E-state index is 13.5. The SMILES string of the molecule is CC(C(=O)NC(C)c1ccccc1F)C(N)=NO. The Morgan fingerprint density at radius 1 is 1.44 bits per heavy atom. The Balaban J connectivity index is 2.74. The molecule has 1 rings (SSSR count). The lowest BCUT2D eigenvalue weighted by Gasteiger charge is -2.17. The third-order valence-electron chi connectivity index (χ3n) is 2.68. The molecule has 0 saturated heterocycles. The lowest BCUT2D eigenvalue weighted by atomic mass is 10.1. The highest BCUT2D eigenvalue weighted by molar-refractivity contribution is 6.01. The number of carbonyl (C=O) groups is 1. The minimum Gasteiger partial charge on any atom is -0.409 e. The number of amidine groups is 1. The van der Waals surface area contributed by atoms with Crippen molar-refractivity contribution in [3.05, 3.63) is 35.6 Å². The van der Waals surface area contributed by atoms with Gasteiger partial charge in [-0.05, 0) is 19.9 Å². The molecule has 1 amide bonds. The first kappa shape index (κ1) is 14.0. The van der Waals surface area contributed by atoms with Crippen molar-refractivity contribution in [1.29, 1.82) is 0 Å². The number of carbonyl (C=O) groups excluding carboxylic acids is 1. The number of hydrogen-bond acceptors (Lipinski definition) is 3. The smallest absolute Gasteiger partial charge is 0.231 e. The molecule has 0 aliphatic carbocycles. The van der Waals surface area contributed by atoms with Crippen LogP contribution in [0.5, 0.6) is 0 Å². The highest BCUT2D eigenvalue weighted by atomic mass is 19.1. The standard InChI is InChI=1S/C12H16FN3O2/c1-7(11(14)16-18)12(17)15-8(2)9-5-3-4-6-10(9)13/h3-8,18H,1-2H3,(H2,14,16)(H,15,17). The van der Waals surface area contributed by atoms with Gasteiger partial charge in [-0.2, -0.15) is 0 Å². The largest absolute Gasteiger partial charge is 0.409 e. The Kier molecular flexibility index (Phi) is 4.65. The minimum absolute atomic E-state index is 0.187. The highest BCUT2D eigenvalue weighted by Crippen LogP contribution is 2.16. The van der Waals surface area contributed by atoms with E-state index in [0.29, 0.717) is 5.56 Å². The molecule has 1 aromatic carbocycles. The van der Waals surface area contributed by atoms with Crippen molar-refractivity contribution in [2.24, 2.45) is 16.8 Å². The van der Waals surface area contributed by atoms with Crippen molar-refractivity contribution in [3.63, 3.8) is 0 Å². The Bertz CT molecular complexity index is 462. The second kappa shape index (κ2) is 6.00. The Hall–Kier alpha value is -2.11. The van der Waals surface area contributed by atoms with Crippen LogP contribution in [-0.2, 0) is 4.79 Å². The molecule has 18 heavy (non-hydrogen) atoms. The van der Waals surface area contributed by atoms with E-state index in [4.69, 9.17) is 10.9 Å². The van der Waals surface area contributed by atoms with Crippen molar-refractivity contribution in [3.8, 4) is 0 Å². The van der Waals surface area contributed by atoms with Crippen molar-refractivity contribution >= 4 is 11.7 Å². The van der Waals surface area contributed by atoms with E-state index in [-0.39, 0.29) is 11.7 Å². The summed E-state index contributed by atoms with van der Waals surface area (Å²) in [6.45, 7) is 3.16. The molecule has 0 saturated carbocycles. The van der Waals surface area contributed by atoms with Crippen LogP contribution >= 0.6 is 0 Å². The molecule has 5 nitrogen and oxygen atoms in total. The van der Waals surface area contributed by atoms with Gasteiger partial charge in [0, 0.05) is 5.56 Å². The van der Waals surface area contributed by atoms with Gasteiger partial charge in [0.2, 0.25) is 5.91 Å². The van der Waals surface area contributed by atoms with Crippen LogP contribution in [0, 0.1) is 11.7 Å². The Morgan fingerprint density at radius 3 is 2.61 bits per heavy atom. The van der Waals surface area contributed by atoms with Crippen LogP contribution in [0.4, 0.5) is 4.39 Å². The molecule has 0 spiro atoms. The van der Waals surface area contributed by atoms with Crippen LogP contribution in [0.3, 0.4) is 0 Å². The first-order valence-electron chi connectivity index (χ1n) is 5.49. The predicted molar refractivity (Wildman–Crippen MR) is 65.5 cm³/mol. The van der Waals surface area contributed by atoms with Crippen molar-refractivity contribution < 1.29 is 14.4 Å². The zero-order valence-electron chi connectivity index (χ0n) is 10.2. The second-order valence-electron chi connectivity index (χ2n) is 4.00. The average molecular weight is 253 g/mol. The molecular formula is C12H16FN3O2. The van der Waals surface area contributed by atoms with Crippen LogP contribution < -0.4 is 11.1 Å². The van der Waals surface area contributed by atoms with Gasteiger partial charge in [0.1, 0.15) is 5.82 Å². The fourth-order valence-corrected chi connectivity index (χ4v) is 1.46. The van der Waals surface area contributed by atoms with Gasteiger partial charge < -0.3 is 16.3 Å². The summed E-state index contributed by atoms with van der Waals surface area (Å²) in [6.07, 6.45) is 0. The lowest BCUT2D eigenvalue weighted by Crippen LogP contribution is -2.38. The number of benzene rings is 1. The molecule has 98 valence electrons. The molecule has 0 bridgehead atoms. The summed E-state index contributed by atoms with van der Waals surface area (Å²) < 4.78 is 13.5. The summed E-state index contributed by atoms with van der Waals surface area (Å²) in [6, 6.07) is 5.69. The van der Waals surface area contributed by atoms with E-state index < -0.39 is 17.9 Å². The first-order chi connectivity index (χ1) is 8.47. The summed E-state index contributed by atoms with van der Waals surface area (Å²) in [5.41, 5.74) is 5.71. The summed E-state index contributed by atoms with van der Waals surface area (Å²) in [4.78, 5) is 11.7. The highest BCUT2D eigenvalue weighted by Gasteiger charge is 2.20. The van der Waals surface area contributed by atoms with Crippen molar-refractivity contribution in [2.45, 2.75) is 19.9 Å². The van der Waals surface area contributed by atoms with Gasteiger partial charge in [-0.25, -0.2) is 4.39 Å². The van der Waals surface area contributed by atoms with Crippen LogP contribution in [0.2, 0.25) is 0 Å². The molecule has 0 radical (unpaired) electrons. The minimum atomic E-state index is -0.774. The first-order valence-corrected chi connectivity index (χ1v) is 5.49. The number of nitrogens with two attached hydrogens (primary N) is 1. The number of nitrogens with zero attached hydrogens (tertiary/aromatic N) is 1. The van der Waals surface area contributed by atoms with Gasteiger partial charge in [0.05, 0.1) is 12.0 Å². The fourth-order valence-electron chi connectivity index (χ4n) is 1.46. The van der Waals surface area contributed by atoms with Gasteiger partial charge in [-0.15, -0.1) is 0 Å². The summed E-state index contributed by atoms with van der Waals surface area (Å²) in [7, 11) is 0. The van der Waals surface area contributed by atoms with Gasteiger partial charge in [-0.1, -0.05) is 23.4 Å². The maximum Gasteiger partial charge on any atom is 0.231 e. The summed E-state index contributed by atoms with van der Waals surface area (Å²) in [5.74, 6) is -1.78. The van der Waals surface area contributed by atoms with Gasteiger partial charge in [-0.3, -0.25) is 4.79 Å². The Morgan fingerprint density at radius 2 is 2.06 bits per heavy atom. The van der Waals surface area contributed by atoms with E-state index in [1.165, 1.54) is 13.0 Å². The van der Waals surface area contributed by atoms with E-state index in [1.54, 1.807) is 25.1 Å². The predicted octanol–water partition coefficient (Wildman–Crippen LogP) is 1.39. The number of amides is 1. The maximum absolute atomic E-state index is 13.5. The van der Waals surface area contributed by atoms with Gasteiger partial charge in [0.15, 0.2) is 5.84 Å². The Labute approximate surface area is 104 Å². The number of nitrogens with one attached hydrogen (secondary N) is 1. The molecule has 1 aromatic rings. The molecule has 6 heteroatoms. The third kappa shape index (κ3) is 3.19. The average Bonchev–Trinajstić information content (AvgIpc) is 2.37. The molecule has 4 N–H and O–H groups in total. The zero-order chi connectivity index (χ0) is 13.7. The second-order valence-corrected chi connectivity index (χ2v) is 4.00. The van der Waals surface area contributed by atoms with Crippen LogP contribution in [-0.4, -0.2) is 17.0 Å². The molecule has 0 heterocycles. The van der Waals surface area contributed by atoms with E-state index in [2.05, 4.69) is 10.5 Å². The van der Waals surface area contributed by atoms with Crippen LogP contribution in [0.15, 0.2) is 29.4 Å². The lowest BCUT2D eigenvalue weighted by molar-refractivity contribution is -0.123. The molecule has 0 aromatic heterocycles. The quantitative estimate of drug-likeness (QED) is 0.328. The van der Waals surface area contributed by atoms with Crippen LogP contribution in [0.25, 0.3) is 0 Å². The van der Waals surface area contributed by atoms with Crippen molar-refractivity contribution in [1.82, 2.24) is 5.32 Å². The third-order valence-corrected chi connectivity index (χ3v) is 2.68. The zero-order valence-corrected chi connectivity index (χ0v) is 10.2.